The van der Waals surface area contributed by atoms with E-state index in [0.717, 1.165) is 99.1 Å². The van der Waals surface area contributed by atoms with E-state index in [4.69, 9.17) is 10.1 Å². The molecule has 11 rings (SSSR count). The zero-order valence-corrected chi connectivity index (χ0v) is 108. The van der Waals surface area contributed by atoms with Crippen molar-refractivity contribution in [3.8, 4) is 0 Å². The van der Waals surface area contributed by atoms with Gasteiger partial charge in [0.15, 0.2) is 5.65 Å². The van der Waals surface area contributed by atoms with Crippen molar-refractivity contribution in [3.05, 3.63) is 205 Å². The quantitative estimate of drug-likeness (QED) is 0.0789. The van der Waals surface area contributed by atoms with Gasteiger partial charge in [0.05, 0.1) is 45.2 Å². The van der Waals surface area contributed by atoms with Crippen molar-refractivity contribution in [2.45, 2.75) is 416 Å². The van der Waals surface area contributed by atoms with Crippen molar-refractivity contribution < 1.29 is 96.8 Å². The summed E-state index contributed by atoms with van der Waals surface area (Å²) in [6.07, 6.45) is 23.6. The molecule has 6 heterocycles. The van der Waals surface area contributed by atoms with E-state index in [1.807, 2.05) is 106 Å². The second-order valence-corrected chi connectivity index (χ2v) is 45.0. The molecular weight excluding hydrogens is 2480 g/mol. The molecule has 133 heavy (non-hydrogen) atoms. The van der Waals surface area contributed by atoms with Crippen molar-refractivity contribution in [2.24, 2.45) is 54.6 Å². The van der Waals surface area contributed by atoms with Crippen molar-refractivity contribution in [2.75, 3.05) is 0 Å². The number of allylic oxidation sites excluding steroid dienone is 19. The molecule has 5 aliphatic carbocycles. The monoisotopic (exact) mass is 2660 g/mol. The first-order valence-electron chi connectivity index (χ1n) is 48.9. The first-order valence-corrected chi connectivity index (χ1v) is 56.2. The molecule has 13 nitrogen and oxygen atoms in total. The van der Waals surface area contributed by atoms with E-state index in [-0.39, 0.29) is 0 Å². The van der Waals surface area contributed by atoms with Crippen molar-refractivity contribution in [3.63, 3.8) is 0 Å². The molecule has 0 N–H and O–H groups in total. The summed E-state index contributed by atoms with van der Waals surface area (Å²) in [7, 11) is 0. The molecule has 6 aromatic heterocycles. The maximum atomic E-state index is 4.79. The molecule has 1 saturated carbocycles. The topological polar surface area (TPSA) is 139 Å². The Labute approximate surface area is 867 Å². The summed E-state index contributed by atoms with van der Waals surface area (Å²) in [6.45, 7) is 110. The Hall–Kier alpha value is -5.53. The van der Waals surface area contributed by atoms with E-state index in [1.54, 1.807) is 23.3 Å². The van der Waals surface area contributed by atoms with E-state index in [9.17, 15) is 0 Å². The third-order valence-electron chi connectivity index (χ3n) is 23.1. The SMILES string of the molecule is CC.CC.CC.CC.CC(=[C-]C(C)C)N=C1CC(C)=C(C)[C]1=[W].CC(=[C-]C(C)C)N=C1CCC[C]1=[W].CC(=[C-]C(C)C)N=C1[C](=[W])C(C)=C(C)C(C)=C1C.CC(=[C-]C(C)C)N=C1[C](=[W])CC(C)=C1C.CC1=[C-]C(N=C(C)[C](=[W])C(C)C)=C(C)C1.Cc1nn2c(C)c(C)c(C)c2c(C)c1C(C)C.Cc1nn2c(C)c(C)nc2c(C)c1C(C)C.Cc1nn2c(C)nc(C)c2c(C)c1C(C)C. The van der Waals surface area contributed by atoms with Crippen molar-refractivity contribution in [1.82, 2.24) is 38.8 Å². The zero-order chi connectivity index (χ0) is 104. The summed E-state index contributed by atoms with van der Waals surface area (Å²) in [5.74, 6) is 4.93. The number of aliphatic imine (C=N–C) groups is 5. The predicted molar refractivity (Wildman–Crippen MR) is 569 cm³/mol. The normalized spacial score (nSPS) is 16.2. The zero-order valence-electron chi connectivity index (χ0n) is 93.2. The molecule has 0 saturated heterocycles. The molecule has 736 valence electrons. The fraction of sp³-hybridized carbons (Fsp3) is 0.574. The van der Waals surface area contributed by atoms with E-state index in [0.29, 0.717) is 47.3 Å². The molecule has 6 aromatic rings. The summed E-state index contributed by atoms with van der Waals surface area (Å²) in [5.41, 5.74) is 47.4. The molecule has 0 bridgehead atoms. The van der Waals surface area contributed by atoms with Gasteiger partial charge in [0, 0.05) is 5.69 Å². The number of aromatic nitrogens is 8. The van der Waals surface area contributed by atoms with Gasteiger partial charge in [-0.2, -0.15) is 15.3 Å². The maximum absolute atomic E-state index is 4.79. The Bertz CT molecular complexity index is 5590. The van der Waals surface area contributed by atoms with Crippen LogP contribution >= 0.6 is 0 Å². The number of imidazole rings is 2. The minimum absolute atomic E-state index is 0.425. The number of rotatable bonds is 14. The summed E-state index contributed by atoms with van der Waals surface area (Å²) in [5, 5.41) is 14.0. The molecule has 1 fully saturated rings. The van der Waals surface area contributed by atoms with Gasteiger partial charge in [-0.3, -0.25) is 0 Å². The van der Waals surface area contributed by atoms with Crippen LogP contribution in [0.25, 0.3) is 16.7 Å². The summed E-state index contributed by atoms with van der Waals surface area (Å²) in [6, 6.07) is 0. The molecule has 0 aromatic carbocycles. The van der Waals surface area contributed by atoms with Crippen LogP contribution in [0.2, 0.25) is 0 Å². The number of nitrogens with zero attached hydrogens (tertiary/aromatic N) is 13. The van der Waals surface area contributed by atoms with Crippen molar-refractivity contribution in [1.29, 1.82) is 0 Å². The van der Waals surface area contributed by atoms with E-state index in [1.165, 1.54) is 252 Å². The first kappa shape index (κ1) is 127. The van der Waals surface area contributed by atoms with Gasteiger partial charge in [-0.05, 0) is 152 Å². The van der Waals surface area contributed by atoms with E-state index < -0.39 is 0 Å². The largest absolute Gasteiger partial charge is 0.237 e. The molecular formula is C115H176N13W5-5. The molecule has 18 heteroatoms. The van der Waals surface area contributed by atoms with Crippen molar-refractivity contribution >= 4 is 64.7 Å². The second kappa shape index (κ2) is 61.1. The van der Waals surface area contributed by atoms with Crippen LogP contribution in [0.4, 0.5) is 0 Å². The van der Waals surface area contributed by atoms with Crippen LogP contribution in [0.15, 0.2) is 109 Å². The van der Waals surface area contributed by atoms with Gasteiger partial charge >= 0.3 is 526 Å². The van der Waals surface area contributed by atoms with E-state index >= 15 is 0 Å². The van der Waals surface area contributed by atoms with Gasteiger partial charge in [-0.25, -0.2) is 23.5 Å². The smallest absolute Gasteiger partial charge is 0.157 e. The molecule has 0 atom stereocenters. The Morgan fingerprint density at radius 2 is 0.767 bits per heavy atom. The average Bonchev–Trinajstić information content (AvgIpc) is 1.59. The predicted octanol–water partition coefficient (Wildman–Crippen LogP) is 30.9. The fourth-order valence-electron chi connectivity index (χ4n) is 16.4. The summed E-state index contributed by atoms with van der Waals surface area (Å²) in [4.78, 5) is 32.5. The van der Waals surface area contributed by atoms with Gasteiger partial charge in [0.2, 0.25) is 0 Å². The Morgan fingerprint density at radius 3 is 1.16 bits per heavy atom. The molecule has 0 aliphatic heterocycles. The molecule has 5 aliphatic rings. The minimum Gasteiger partial charge on any atom is -0.237 e. The summed E-state index contributed by atoms with van der Waals surface area (Å²) >= 11 is 7.67. The third-order valence-corrected chi connectivity index (χ3v) is 32.4. The van der Waals surface area contributed by atoms with Crippen LogP contribution in [-0.4, -0.2) is 86.9 Å². The van der Waals surface area contributed by atoms with Gasteiger partial charge in [0.1, 0.15) is 5.82 Å². The average molecular weight is 2660 g/mol. The Balaban J connectivity index is 0.00000148. The van der Waals surface area contributed by atoms with E-state index in [2.05, 4.69) is 338 Å². The second-order valence-electron chi connectivity index (χ2n) is 37.0. The molecule has 0 radical (unpaired) electrons. The number of hydrogen-bond acceptors (Lipinski definition) is 10. The van der Waals surface area contributed by atoms with Crippen LogP contribution in [0.5, 0.6) is 0 Å². The van der Waals surface area contributed by atoms with Crippen LogP contribution in [0.1, 0.15) is 416 Å². The molecule has 0 spiro atoms. The first-order chi connectivity index (χ1) is 61.8. The maximum Gasteiger partial charge on any atom is 0.157 e. The fourth-order valence-corrected chi connectivity index (χ4v) is 21.4. The molecule has 0 amide bonds. The van der Waals surface area contributed by atoms with Crippen LogP contribution < -0.4 is 0 Å². The molecule has 0 unspecified atom stereocenters. The number of hydrogen-bond donors (Lipinski definition) is 0. The van der Waals surface area contributed by atoms with Gasteiger partial charge in [0.25, 0.3) is 0 Å². The van der Waals surface area contributed by atoms with Gasteiger partial charge < -0.3 is 0 Å². The number of aryl methyl sites for hydroxylation is 12. The minimum atomic E-state index is 0.425. The van der Waals surface area contributed by atoms with Crippen LogP contribution in [-0.2, 0) is 96.8 Å². The van der Waals surface area contributed by atoms with Crippen LogP contribution in [0, 0.1) is 150 Å². The third kappa shape index (κ3) is 37.5. The summed E-state index contributed by atoms with van der Waals surface area (Å²) < 4.78 is 13.3. The Morgan fingerprint density at radius 1 is 0.361 bits per heavy atom. The van der Waals surface area contributed by atoms with Gasteiger partial charge in [-0.1, -0.05) is 96.9 Å². The standard InChI is InChI=1S/C16H22N.C15H22N2.2C13H19N3.3C13H18N.C11H16N.4C2H6.5W/c1-10(2)8-12(4)17-16-9-11(3)13(5)14(6)15(16)7;1-8(2)14-11(5)15-10(4)9(3)13(7)17(15)16-12(14)6;1-7(2)12-8(3)13-10(5)14-11(6)16(13)15-9(12)4;1-7(2)12-8(3)13-14-9(4)11(6)16(13)15-10(12)5;1-9(2)6-12(5)14-13-7-10(3)11(4)8-13;1-9(2)6-12(5)14-13-8-10(3)7-11(13)4;1-9(2)8-11(4)14-13-7-6-10(3)12(13)5;1-9(2)8-10(3)12-11-6-4-5-7-11;4*1-2;;;;;/h10H,1-7H3;8H,1-7H3;2*7H,1-6H3;2*9H,7H2,1-5H3;9H,6H2,1-5H3;9H,4-6H2,1-3H3;4*1-2H3;;;;;/q-1;;;;4*-1;;;;;;;;;. The van der Waals surface area contributed by atoms with Gasteiger partial charge in [-0.15, -0.1) is 0 Å². The Kier molecular flexibility index (Phi) is 58.6. The van der Waals surface area contributed by atoms with Crippen LogP contribution in [0.3, 0.4) is 0 Å². The number of fused-ring (bicyclic) bond motifs is 3.